The molecule has 0 bridgehead atoms. The molecule has 0 aliphatic carbocycles. The zero-order chi connectivity index (χ0) is 19.5. The number of hydrogen-bond acceptors (Lipinski definition) is 2. The molecule has 0 spiro atoms. The highest BCUT2D eigenvalue weighted by molar-refractivity contribution is 6.31. The van der Waals surface area contributed by atoms with Gasteiger partial charge >= 0.3 is 0 Å². The Bertz CT molecular complexity index is 709. The van der Waals surface area contributed by atoms with Gasteiger partial charge in [0.2, 0.25) is 0 Å². The van der Waals surface area contributed by atoms with Gasteiger partial charge in [0.15, 0.2) is 0 Å². The Hall–Kier alpha value is -1.29. The molecule has 0 saturated heterocycles. The van der Waals surface area contributed by atoms with E-state index in [1.807, 2.05) is 12.1 Å². The topological polar surface area (TPSA) is 21.3 Å². The Labute approximate surface area is 172 Å². The van der Waals surface area contributed by atoms with Crippen molar-refractivity contribution in [3.63, 3.8) is 0 Å². The van der Waals surface area contributed by atoms with Crippen LogP contribution in [0.3, 0.4) is 0 Å². The summed E-state index contributed by atoms with van der Waals surface area (Å²) >= 11 is 12.2. The molecule has 1 N–H and O–H groups in total. The fourth-order valence-electron chi connectivity index (χ4n) is 2.87. The van der Waals surface area contributed by atoms with Gasteiger partial charge in [-0.25, -0.2) is 4.39 Å². The van der Waals surface area contributed by atoms with Gasteiger partial charge in [0.05, 0.1) is 5.02 Å². The molecule has 0 heterocycles. The molecule has 2 nitrogen and oxygen atoms in total. The molecule has 148 valence electrons. The van der Waals surface area contributed by atoms with E-state index >= 15 is 0 Å². The molecule has 0 atom stereocenters. The zero-order valence-electron chi connectivity index (χ0n) is 15.9. The molecule has 0 radical (unpaired) electrons. The Kier molecular flexibility index (Phi) is 9.96. The molecule has 5 heteroatoms. The summed E-state index contributed by atoms with van der Waals surface area (Å²) in [6.45, 7) is 4.19. The van der Waals surface area contributed by atoms with E-state index < -0.39 is 0 Å². The number of nitrogens with one attached hydrogen (secondary N) is 1. The van der Waals surface area contributed by atoms with E-state index in [9.17, 15) is 4.39 Å². The van der Waals surface area contributed by atoms with Crippen LogP contribution in [0.2, 0.25) is 10.0 Å². The van der Waals surface area contributed by atoms with Crippen molar-refractivity contribution in [3.8, 4) is 5.75 Å². The maximum atomic E-state index is 13.2. The van der Waals surface area contributed by atoms with Crippen LogP contribution in [0.1, 0.15) is 56.6 Å². The van der Waals surface area contributed by atoms with Crippen molar-refractivity contribution >= 4 is 23.2 Å². The largest absolute Gasteiger partial charge is 0.489 e. The first-order chi connectivity index (χ1) is 13.1. The Morgan fingerprint density at radius 2 is 1.70 bits per heavy atom. The number of ether oxygens (including phenoxy) is 1. The first-order valence-electron chi connectivity index (χ1n) is 9.66. The molecular weight excluding hydrogens is 384 g/mol. The molecule has 2 rings (SSSR count). The molecule has 27 heavy (non-hydrogen) atoms. The average molecular weight is 412 g/mol. The number of unbranched alkanes of at least 4 members (excludes halogenated alkanes) is 5. The molecule has 0 aromatic heterocycles. The van der Waals surface area contributed by atoms with E-state index in [0.29, 0.717) is 16.6 Å². The van der Waals surface area contributed by atoms with Gasteiger partial charge in [0.25, 0.3) is 0 Å². The van der Waals surface area contributed by atoms with Crippen LogP contribution >= 0.6 is 23.2 Å². The lowest BCUT2D eigenvalue weighted by atomic mass is 10.1. The van der Waals surface area contributed by atoms with Crippen molar-refractivity contribution in [2.24, 2.45) is 0 Å². The monoisotopic (exact) mass is 411 g/mol. The van der Waals surface area contributed by atoms with Crippen LogP contribution in [-0.4, -0.2) is 6.54 Å². The highest BCUT2D eigenvalue weighted by Crippen LogP contribution is 2.25. The van der Waals surface area contributed by atoms with Crippen molar-refractivity contribution in [3.05, 3.63) is 63.4 Å². The van der Waals surface area contributed by atoms with Gasteiger partial charge in [-0.3, -0.25) is 0 Å². The standard InChI is InChI=1S/C22H28Cl2FNO/c1-2-3-4-5-6-7-12-26-15-18-13-19(23)9-11-22(18)27-16-17-8-10-20(25)14-21(17)24/h8-11,13-14,26H,2-7,12,15-16H2,1H3. The molecule has 0 unspecified atom stereocenters. The van der Waals surface area contributed by atoms with Crippen molar-refractivity contribution < 1.29 is 9.13 Å². The summed E-state index contributed by atoms with van der Waals surface area (Å²) in [5, 5.41) is 4.51. The van der Waals surface area contributed by atoms with Gasteiger partial charge in [-0.2, -0.15) is 0 Å². The molecule has 0 amide bonds. The second kappa shape index (κ2) is 12.2. The Balaban J connectivity index is 1.83. The van der Waals surface area contributed by atoms with Gasteiger partial charge in [-0.1, -0.05) is 68.3 Å². The molecule has 0 fully saturated rings. The summed E-state index contributed by atoms with van der Waals surface area (Å²) in [6.07, 6.45) is 7.67. The van der Waals surface area contributed by atoms with Gasteiger partial charge in [0, 0.05) is 22.7 Å². The van der Waals surface area contributed by atoms with Crippen LogP contribution in [0.15, 0.2) is 36.4 Å². The quantitative estimate of drug-likeness (QED) is 0.374. The highest BCUT2D eigenvalue weighted by Gasteiger charge is 2.08. The smallest absolute Gasteiger partial charge is 0.124 e. The van der Waals surface area contributed by atoms with E-state index in [2.05, 4.69) is 12.2 Å². The first-order valence-corrected chi connectivity index (χ1v) is 10.4. The lowest BCUT2D eigenvalue weighted by Gasteiger charge is -2.14. The minimum Gasteiger partial charge on any atom is -0.489 e. The third kappa shape index (κ3) is 8.08. The molecule has 0 aliphatic heterocycles. The summed E-state index contributed by atoms with van der Waals surface area (Å²) in [6, 6.07) is 9.91. The van der Waals surface area contributed by atoms with Crippen LogP contribution in [0.4, 0.5) is 4.39 Å². The van der Waals surface area contributed by atoms with Crippen LogP contribution < -0.4 is 10.1 Å². The highest BCUT2D eigenvalue weighted by atomic mass is 35.5. The van der Waals surface area contributed by atoms with Crippen LogP contribution in [0.25, 0.3) is 0 Å². The summed E-state index contributed by atoms with van der Waals surface area (Å²) in [7, 11) is 0. The zero-order valence-corrected chi connectivity index (χ0v) is 17.4. The number of halogens is 3. The molecule has 0 aliphatic rings. The van der Waals surface area contributed by atoms with Gasteiger partial charge in [-0.15, -0.1) is 0 Å². The fourth-order valence-corrected chi connectivity index (χ4v) is 3.29. The number of hydrogen-bond donors (Lipinski definition) is 1. The predicted octanol–water partition coefficient (Wildman–Crippen LogP) is 7.16. The fraction of sp³-hybridized carbons (Fsp3) is 0.455. The van der Waals surface area contributed by atoms with Gasteiger partial charge in [-0.05, 0) is 43.3 Å². The van der Waals surface area contributed by atoms with Crippen molar-refractivity contribution in [2.45, 2.75) is 58.6 Å². The summed E-state index contributed by atoms with van der Waals surface area (Å²) in [5.41, 5.74) is 1.76. The van der Waals surface area contributed by atoms with E-state index in [4.69, 9.17) is 27.9 Å². The third-order valence-corrected chi connectivity index (χ3v) is 5.03. The van der Waals surface area contributed by atoms with Crippen molar-refractivity contribution in [2.75, 3.05) is 6.54 Å². The minimum absolute atomic E-state index is 0.283. The van der Waals surface area contributed by atoms with Crippen LogP contribution in [0, 0.1) is 5.82 Å². The van der Waals surface area contributed by atoms with E-state index in [-0.39, 0.29) is 12.4 Å². The lowest BCUT2D eigenvalue weighted by molar-refractivity contribution is 0.302. The minimum atomic E-state index is -0.352. The predicted molar refractivity (Wildman–Crippen MR) is 112 cm³/mol. The molecule has 2 aromatic carbocycles. The maximum absolute atomic E-state index is 13.2. The Morgan fingerprint density at radius 3 is 2.48 bits per heavy atom. The average Bonchev–Trinajstić information content (AvgIpc) is 2.64. The Morgan fingerprint density at radius 1 is 0.926 bits per heavy atom. The van der Waals surface area contributed by atoms with E-state index in [0.717, 1.165) is 23.4 Å². The second-order valence-corrected chi connectivity index (χ2v) is 7.56. The SMILES string of the molecule is CCCCCCCCNCc1cc(Cl)ccc1OCc1ccc(F)cc1Cl. The summed E-state index contributed by atoms with van der Waals surface area (Å²) < 4.78 is 19.1. The first kappa shape index (κ1) is 22.0. The van der Waals surface area contributed by atoms with Crippen LogP contribution in [-0.2, 0) is 13.2 Å². The molecule has 0 saturated carbocycles. The lowest BCUT2D eigenvalue weighted by Crippen LogP contribution is -2.15. The van der Waals surface area contributed by atoms with Gasteiger partial charge in [0.1, 0.15) is 18.2 Å². The number of benzene rings is 2. The molecular formula is C22H28Cl2FNO. The van der Waals surface area contributed by atoms with E-state index in [1.54, 1.807) is 12.1 Å². The third-order valence-electron chi connectivity index (χ3n) is 4.44. The summed E-state index contributed by atoms with van der Waals surface area (Å²) in [4.78, 5) is 0. The summed E-state index contributed by atoms with van der Waals surface area (Å²) in [5.74, 6) is 0.407. The van der Waals surface area contributed by atoms with Crippen molar-refractivity contribution in [1.82, 2.24) is 5.32 Å². The number of rotatable bonds is 12. The molecule has 2 aromatic rings. The van der Waals surface area contributed by atoms with Crippen molar-refractivity contribution in [1.29, 1.82) is 0 Å². The van der Waals surface area contributed by atoms with Gasteiger partial charge < -0.3 is 10.1 Å². The van der Waals surface area contributed by atoms with E-state index in [1.165, 1.54) is 50.7 Å². The van der Waals surface area contributed by atoms with Crippen LogP contribution in [0.5, 0.6) is 5.75 Å². The second-order valence-electron chi connectivity index (χ2n) is 6.72. The normalized spacial score (nSPS) is 11.0. The maximum Gasteiger partial charge on any atom is 0.124 e.